The third kappa shape index (κ3) is 5.52. The van der Waals surface area contributed by atoms with Crippen molar-refractivity contribution in [3.63, 3.8) is 0 Å². The van der Waals surface area contributed by atoms with Gasteiger partial charge in [-0.3, -0.25) is 4.90 Å². The third-order valence-electron chi connectivity index (χ3n) is 5.06. The highest BCUT2D eigenvalue weighted by molar-refractivity contribution is 5.64. The van der Waals surface area contributed by atoms with Crippen molar-refractivity contribution in [1.29, 1.82) is 0 Å². The van der Waals surface area contributed by atoms with Crippen LogP contribution >= 0.6 is 0 Å². The average molecular weight is 452 g/mol. The molecular formula is C21H21F5N6. The maximum absolute atomic E-state index is 13.5. The number of benzene rings is 2. The van der Waals surface area contributed by atoms with E-state index in [0.717, 1.165) is 29.4 Å². The van der Waals surface area contributed by atoms with E-state index in [9.17, 15) is 22.0 Å². The molecule has 1 aliphatic heterocycles. The lowest BCUT2D eigenvalue weighted by Gasteiger charge is -2.36. The molecule has 2 heterocycles. The fourth-order valence-corrected chi connectivity index (χ4v) is 3.68. The van der Waals surface area contributed by atoms with Gasteiger partial charge in [-0.25, -0.2) is 13.5 Å². The molecule has 0 bridgehead atoms. The highest BCUT2D eigenvalue weighted by Gasteiger charge is 2.32. The van der Waals surface area contributed by atoms with Crippen molar-refractivity contribution in [2.24, 2.45) is 0 Å². The van der Waals surface area contributed by atoms with Gasteiger partial charge in [0.2, 0.25) is 5.95 Å². The van der Waals surface area contributed by atoms with Gasteiger partial charge >= 0.3 is 6.18 Å². The number of anilines is 3. The van der Waals surface area contributed by atoms with Crippen molar-refractivity contribution in [1.82, 2.24) is 19.7 Å². The largest absolute Gasteiger partial charge is 0.401 e. The minimum atomic E-state index is -4.20. The van der Waals surface area contributed by atoms with Crippen LogP contribution in [0.3, 0.4) is 0 Å². The molecule has 0 atom stereocenters. The van der Waals surface area contributed by atoms with Crippen LogP contribution in [-0.2, 0) is 0 Å². The molecule has 0 radical (unpaired) electrons. The Bertz CT molecular complexity index is 1070. The molecule has 0 aliphatic carbocycles. The molecule has 1 aliphatic rings. The van der Waals surface area contributed by atoms with Crippen LogP contribution in [0.5, 0.6) is 0 Å². The summed E-state index contributed by atoms with van der Waals surface area (Å²) in [6.07, 6.45) is -2.86. The molecule has 1 saturated heterocycles. The van der Waals surface area contributed by atoms with Gasteiger partial charge < -0.3 is 10.2 Å². The van der Waals surface area contributed by atoms with E-state index >= 15 is 0 Å². The number of hydrogen-bond acceptors (Lipinski definition) is 5. The summed E-state index contributed by atoms with van der Waals surface area (Å²) >= 11 is 0. The molecule has 32 heavy (non-hydrogen) atoms. The Morgan fingerprint density at radius 1 is 0.906 bits per heavy atom. The zero-order chi connectivity index (χ0) is 22.9. The standard InChI is InChI=1S/C21H21F5N6/c1-14-6-17(11-18(7-14)31-4-2-30(3-5-31)12-21(24,25)26)28-20-27-13-32(29-20)19-9-15(22)8-16(23)10-19/h6-11,13H,2-5,12H2,1H3,(H,28,29). The summed E-state index contributed by atoms with van der Waals surface area (Å²) in [6, 6.07) is 8.78. The number of aromatic nitrogens is 3. The van der Waals surface area contributed by atoms with Crippen LogP contribution in [0, 0.1) is 18.6 Å². The topological polar surface area (TPSA) is 49.2 Å². The van der Waals surface area contributed by atoms with Crippen molar-refractivity contribution in [3.05, 3.63) is 59.9 Å². The quantitative estimate of drug-likeness (QED) is 0.586. The fourth-order valence-electron chi connectivity index (χ4n) is 3.68. The smallest absolute Gasteiger partial charge is 0.369 e. The first-order chi connectivity index (χ1) is 15.1. The number of nitrogens with one attached hydrogen (secondary N) is 1. The lowest BCUT2D eigenvalue weighted by molar-refractivity contribution is -0.146. The summed E-state index contributed by atoms with van der Waals surface area (Å²) in [5, 5.41) is 7.28. The lowest BCUT2D eigenvalue weighted by atomic mass is 10.1. The molecule has 0 unspecified atom stereocenters. The van der Waals surface area contributed by atoms with Gasteiger partial charge in [0.1, 0.15) is 18.0 Å². The number of hydrogen-bond donors (Lipinski definition) is 1. The third-order valence-corrected chi connectivity index (χ3v) is 5.06. The Balaban J connectivity index is 1.45. The highest BCUT2D eigenvalue weighted by atomic mass is 19.4. The lowest BCUT2D eigenvalue weighted by Crippen LogP contribution is -2.49. The first-order valence-electron chi connectivity index (χ1n) is 9.95. The molecule has 4 rings (SSSR count). The van der Waals surface area contributed by atoms with Crippen LogP contribution in [-0.4, -0.2) is 58.6 Å². The van der Waals surface area contributed by atoms with Gasteiger partial charge in [0.05, 0.1) is 12.2 Å². The minimum Gasteiger partial charge on any atom is -0.369 e. The predicted octanol–water partition coefficient (Wildman–Crippen LogP) is 4.28. The molecule has 2 aromatic carbocycles. The molecule has 0 spiro atoms. The zero-order valence-electron chi connectivity index (χ0n) is 17.2. The molecule has 1 aromatic heterocycles. The first-order valence-corrected chi connectivity index (χ1v) is 9.95. The monoisotopic (exact) mass is 452 g/mol. The van der Waals surface area contributed by atoms with Crippen molar-refractivity contribution in [2.75, 3.05) is 42.9 Å². The Morgan fingerprint density at radius 2 is 1.59 bits per heavy atom. The van der Waals surface area contributed by atoms with Crippen molar-refractivity contribution in [2.45, 2.75) is 13.1 Å². The number of piperazine rings is 1. The van der Waals surface area contributed by atoms with Gasteiger partial charge in [-0.05, 0) is 42.8 Å². The number of nitrogens with zero attached hydrogens (tertiary/aromatic N) is 5. The van der Waals surface area contributed by atoms with Gasteiger partial charge in [0.25, 0.3) is 0 Å². The summed E-state index contributed by atoms with van der Waals surface area (Å²) in [6.45, 7) is 2.63. The maximum atomic E-state index is 13.5. The van der Waals surface area contributed by atoms with E-state index in [-0.39, 0.29) is 11.6 Å². The fraction of sp³-hybridized carbons (Fsp3) is 0.333. The van der Waals surface area contributed by atoms with Crippen LogP contribution < -0.4 is 10.2 Å². The Labute approximate surface area is 181 Å². The van der Waals surface area contributed by atoms with E-state index < -0.39 is 24.4 Å². The second kappa shape index (κ2) is 8.73. The number of aryl methyl sites for hydroxylation is 1. The summed E-state index contributed by atoms with van der Waals surface area (Å²) in [4.78, 5) is 7.57. The van der Waals surface area contributed by atoms with Crippen LogP contribution in [0.25, 0.3) is 5.69 Å². The maximum Gasteiger partial charge on any atom is 0.401 e. The van der Waals surface area contributed by atoms with Crippen LogP contribution in [0.4, 0.5) is 39.3 Å². The van der Waals surface area contributed by atoms with Crippen molar-refractivity contribution < 1.29 is 22.0 Å². The SMILES string of the molecule is Cc1cc(Nc2ncn(-c3cc(F)cc(F)c3)n2)cc(N2CCN(CC(F)(F)F)CC2)c1. The molecule has 3 aromatic rings. The molecule has 1 fully saturated rings. The number of halogens is 5. The van der Waals surface area contributed by atoms with Crippen molar-refractivity contribution in [3.8, 4) is 5.69 Å². The van der Waals surface area contributed by atoms with E-state index in [2.05, 4.69) is 15.4 Å². The van der Waals surface area contributed by atoms with Crippen LogP contribution in [0.2, 0.25) is 0 Å². The number of rotatable bonds is 5. The van der Waals surface area contributed by atoms with Gasteiger partial charge in [-0.1, -0.05) is 0 Å². The zero-order valence-corrected chi connectivity index (χ0v) is 17.2. The van der Waals surface area contributed by atoms with E-state index in [4.69, 9.17) is 0 Å². The first kappa shape index (κ1) is 22.0. The molecule has 0 amide bonds. The molecule has 1 N–H and O–H groups in total. The second-order valence-electron chi connectivity index (χ2n) is 7.70. The summed E-state index contributed by atoms with van der Waals surface area (Å²) in [5.41, 5.74) is 2.73. The van der Waals surface area contributed by atoms with Gasteiger partial charge in [0.15, 0.2) is 0 Å². The predicted molar refractivity (Wildman–Crippen MR) is 110 cm³/mol. The minimum absolute atomic E-state index is 0.199. The molecule has 11 heteroatoms. The van der Waals surface area contributed by atoms with E-state index in [1.54, 1.807) is 0 Å². The van der Waals surface area contributed by atoms with Crippen molar-refractivity contribution >= 4 is 17.3 Å². The van der Waals surface area contributed by atoms with Gasteiger partial charge in [0, 0.05) is 43.6 Å². The summed E-state index contributed by atoms with van der Waals surface area (Å²) < 4.78 is 66.0. The molecule has 6 nitrogen and oxygen atoms in total. The van der Waals surface area contributed by atoms with E-state index in [0.29, 0.717) is 31.9 Å². The molecular weight excluding hydrogens is 431 g/mol. The molecule has 170 valence electrons. The van der Waals surface area contributed by atoms with Gasteiger partial charge in [-0.15, -0.1) is 5.10 Å². The summed E-state index contributed by atoms with van der Waals surface area (Å²) in [7, 11) is 0. The molecule has 0 saturated carbocycles. The second-order valence-corrected chi connectivity index (χ2v) is 7.70. The Hall–Kier alpha value is -3.21. The average Bonchev–Trinajstić information content (AvgIpc) is 3.14. The Kier molecular flexibility index (Phi) is 6.00. The van der Waals surface area contributed by atoms with Gasteiger partial charge in [-0.2, -0.15) is 18.2 Å². The number of alkyl halides is 3. The van der Waals surface area contributed by atoms with E-state index in [1.165, 1.54) is 15.9 Å². The van der Waals surface area contributed by atoms with E-state index in [1.807, 2.05) is 30.0 Å². The summed E-state index contributed by atoms with van der Waals surface area (Å²) in [5.74, 6) is -1.20. The van der Waals surface area contributed by atoms with Crippen LogP contribution in [0.15, 0.2) is 42.7 Å². The van der Waals surface area contributed by atoms with Crippen LogP contribution in [0.1, 0.15) is 5.56 Å². The normalized spacial score (nSPS) is 15.2. The Morgan fingerprint density at radius 3 is 2.25 bits per heavy atom. The highest BCUT2D eigenvalue weighted by Crippen LogP contribution is 2.26.